The molecule has 170 valence electrons. The van der Waals surface area contributed by atoms with Crippen molar-refractivity contribution in [1.29, 1.82) is 0 Å². The highest BCUT2D eigenvalue weighted by atomic mass is 16.5. The Hall–Kier alpha value is -3.61. The number of hydrogen-bond donors (Lipinski definition) is 2. The lowest BCUT2D eigenvalue weighted by Gasteiger charge is -2.26. The molecule has 0 fully saturated rings. The molecule has 2 rings (SSSR count). The Labute approximate surface area is 188 Å². The van der Waals surface area contributed by atoms with Gasteiger partial charge < -0.3 is 20.1 Å². The average Bonchev–Trinajstić information content (AvgIpc) is 2.82. The number of methoxy groups -OCH3 is 1. The number of rotatable bonds is 10. The molecule has 0 spiro atoms. The van der Waals surface area contributed by atoms with Crippen LogP contribution in [0.5, 0.6) is 0 Å². The van der Waals surface area contributed by atoms with Crippen molar-refractivity contribution in [2.24, 2.45) is 0 Å². The molecule has 0 aliphatic heterocycles. The van der Waals surface area contributed by atoms with Gasteiger partial charge in [0.05, 0.1) is 7.11 Å². The maximum Gasteiger partial charge on any atom is 0.408 e. The summed E-state index contributed by atoms with van der Waals surface area (Å²) in [6.07, 6.45) is 3.86. The number of carbonyl (C=O) groups excluding carboxylic acids is 3. The fourth-order valence-corrected chi connectivity index (χ4v) is 3.08. The fourth-order valence-electron chi connectivity index (χ4n) is 3.08. The Morgan fingerprint density at radius 3 is 2.19 bits per heavy atom. The van der Waals surface area contributed by atoms with Crippen molar-refractivity contribution in [2.75, 3.05) is 7.11 Å². The Kier molecular flexibility index (Phi) is 9.97. The van der Waals surface area contributed by atoms with E-state index in [1.54, 1.807) is 0 Å². The second kappa shape index (κ2) is 12.9. The van der Waals surface area contributed by atoms with E-state index < -0.39 is 36.0 Å². The second-order valence-corrected chi connectivity index (χ2v) is 7.21. The van der Waals surface area contributed by atoms with Gasteiger partial charge in [-0.1, -0.05) is 79.7 Å². The van der Waals surface area contributed by atoms with Gasteiger partial charge >= 0.3 is 12.1 Å². The van der Waals surface area contributed by atoms with Crippen LogP contribution < -0.4 is 10.6 Å². The molecule has 2 aromatic carbocycles. The lowest BCUT2D eigenvalue weighted by atomic mass is 9.90. The van der Waals surface area contributed by atoms with Crippen LogP contribution in [0, 0.1) is 0 Å². The van der Waals surface area contributed by atoms with Crippen LogP contribution in [0.15, 0.2) is 72.8 Å². The minimum absolute atomic E-state index is 0.0870. The Balaban J connectivity index is 2.06. The van der Waals surface area contributed by atoms with Crippen molar-refractivity contribution in [3.05, 3.63) is 83.9 Å². The summed E-state index contributed by atoms with van der Waals surface area (Å²) in [6, 6.07) is 16.7. The highest BCUT2D eigenvalue weighted by molar-refractivity contribution is 5.90. The molecule has 0 radical (unpaired) electrons. The number of hydrogen-bond acceptors (Lipinski definition) is 5. The largest absolute Gasteiger partial charge is 0.467 e. The number of allylic oxidation sites excluding steroid dienone is 1. The van der Waals surface area contributed by atoms with Crippen LogP contribution >= 0.6 is 0 Å². The van der Waals surface area contributed by atoms with Crippen molar-refractivity contribution >= 4 is 18.0 Å². The lowest BCUT2D eigenvalue weighted by Crippen LogP contribution is -2.52. The summed E-state index contributed by atoms with van der Waals surface area (Å²) in [5, 5.41) is 5.21. The molecule has 0 aromatic heterocycles. The molecule has 7 nitrogen and oxygen atoms in total. The van der Waals surface area contributed by atoms with Crippen molar-refractivity contribution in [3.63, 3.8) is 0 Å². The first-order valence-corrected chi connectivity index (χ1v) is 10.5. The number of esters is 1. The summed E-state index contributed by atoms with van der Waals surface area (Å²) >= 11 is 0. The van der Waals surface area contributed by atoms with Gasteiger partial charge in [-0.25, -0.2) is 9.59 Å². The molecule has 2 aromatic rings. The molecule has 0 heterocycles. The van der Waals surface area contributed by atoms with Gasteiger partial charge in [-0.2, -0.15) is 0 Å². The summed E-state index contributed by atoms with van der Waals surface area (Å²) < 4.78 is 10.1. The minimum atomic E-state index is -0.956. The number of carbonyl (C=O) groups is 3. The molecular weight excluding hydrogens is 408 g/mol. The first-order valence-electron chi connectivity index (χ1n) is 10.5. The van der Waals surface area contributed by atoms with Gasteiger partial charge in [0, 0.05) is 5.92 Å². The minimum Gasteiger partial charge on any atom is -0.467 e. The first kappa shape index (κ1) is 24.7. The molecular formula is C25H30N2O5. The van der Waals surface area contributed by atoms with Crippen LogP contribution in [0.3, 0.4) is 0 Å². The zero-order valence-electron chi connectivity index (χ0n) is 18.6. The van der Waals surface area contributed by atoms with E-state index in [0.717, 1.165) is 17.5 Å². The van der Waals surface area contributed by atoms with Gasteiger partial charge in [0.25, 0.3) is 0 Å². The van der Waals surface area contributed by atoms with Crippen molar-refractivity contribution in [1.82, 2.24) is 10.6 Å². The van der Waals surface area contributed by atoms with Gasteiger partial charge in [-0.15, -0.1) is 0 Å². The van der Waals surface area contributed by atoms with Crippen LogP contribution in [-0.4, -0.2) is 37.2 Å². The highest BCUT2D eigenvalue weighted by Crippen LogP contribution is 2.23. The van der Waals surface area contributed by atoms with Gasteiger partial charge in [-0.05, 0) is 24.5 Å². The first-order chi connectivity index (χ1) is 15.5. The Morgan fingerprint density at radius 2 is 1.59 bits per heavy atom. The Bertz CT molecular complexity index is 899. The molecule has 2 amide bonds. The molecule has 0 bridgehead atoms. The van der Waals surface area contributed by atoms with E-state index in [4.69, 9.17) is 9.47 Å². The SMILES string of the molecule is CC/C=C/C(c1ccccc1)[C@H](NC(=O)[C@H](C)NC(=O)OCc1ccccc1)C(=O)OC. The number of alkyl carbamates (subject to hydrolysis) is 1. The standard InChI is InChI=1S/C25H30N2O5/c1-4-5-16-21(20-14-10-7-11-15-20)22(24(29)31-3)27-23(28)18(2)26-25(30)32-17-19-12-8-6-9-13-19/h5-16,18,21-22H,4,17H2,1-3H3,(H,26,30)(H,27,28)/b16-5+/t18-,21?,22-/m0/s1. The zero-order chi connectivity index (χ0) is 23.3. The van der Waals surface area contributed by atoms with E-state index in [-0.39, 0.29) is 6.61 Å². The van der Waals surface area contributed by atoms with E-state index in [9.17, 15) is 14.4 Å². The van der Waals surface area contributed by atoms with Crippen molar-refractivity contribution in [2.45, 2.75) is 44.9 Å². The second-order valence-electron chi connectivity index (χ2n) is 7.21. The molecule has 7 heteroatoms. The zero-order valence-corrected chi connectivity index (χ0v) is 18.6. The molecule has 0 aliphatic rings. The summed E-state index contributed by atoms with van der Waals surface area (Å²) in [7, 11) is 1.27. The molecule has 32 heavy (non-hydrogen) atoms. The van der Waals surface area contributed by atoms with Crippen LogP contribution in [0.2, 0.25) is 0 Å². The van der Waals surface area contributed by atoms with Gasteiger partial charge in [0.2, 0.25) is 5.91 Å². The molecule has 0 saturated carbocycles. The maximum absolute atomic E-state index is 12.8. The van der Waals surface area contributed by atoms with Crippen molar-refractivity contribution < 1.29 is 23.9 Å². The third-order valence-electron chi connectivity index (χ3n) is 4.82. The van der Waals surface area contributed by atoms with Gasteiger partial charge in [0.1, 0.15) is 18.7 Å². The van der Waals surface area contributed by atoms with Gasteiger partial charge in [0.15, 0.2) is 0 Å². The smallest absolute Gasteiger partial charge is 0.408 e. The van der Waals surface area contributed by atoms with Crippen molar-refractivity contribution in [3.8, 4) is 0 Å². The summed E-state index contributed by atoms with van der Waals surface area (Å²) in [4.78, 5) is 37.4. The predicted octanol–water partition coefficient (Wildman–Crippen LogP) is 3.71. The lowest BCUT2D eigenvalue weighted by molar-refractivity contribution is -0.145. The van der Waals surface area contributed by atoms with Crippen LogP contribution in [-0.2, 0) is 25.7 Å². The third-order valence-corrected chi connectivity index (χ3v) is 4.82. The van der Waals surface area contributed by atoms with E-state index in [2.05, 4.69) is 10.6 Å². The fraction of sp³-hybridized carbons (Fsp3) is 0.320. The van der Waals surface area contributed by atoms with E-state index in [0.29, 0.717) is 0 Å². The molecule has 3 atom stereocenters. The summed E-state index contributed by atoms with van der Waals surface area (Å²) in [5.41, 5.74) is 1.69. The van der Waals surface area contributed by atoms with Crippen LogP contribution in [0.1, 0.15) is 37.3 Å². The quantitative estimate of drug-likeness (QED) is 0.436. The molecule has 1 unspecified atom stereocenters. The third kappa shape index (κ3) is 7.58. The molecule has 2 N–H and O–H groups in total. The topological polar surface area (TPSA) is 93.7 Å². The number of ether oxygens (including phenoxy) is 2. The van der Waals surface area contributed by atoms with Gasteiger partial charge in [-0.3, -0.25) is 4.79 Å². The maximum atomic E-state index is 12.8. The number of nitrogens with one attached hydrogen (secondary N) is 2. The monoisotopic (exact) mass is 438 g/mol. The van der Waals surface area contributed by atoms with Crippen LogP contribution in [0.25, 0.3) is 0 Å². The predicted molar refractivity (Wildman–Crippen MR) is 122 cm³/mol. The summed E-state index contributed by atoms with van der Waals surface area (Å²) in [6.45, 7) is 3.59. The van der Waals surface area contributed by atoms with Crippen LogP contribution in [0.4, 0.5) is 4.79 Å². The normalized spacial score (nSPS) is 13.6. The number of benzene rings is 2. The molecule has 0 aliphatic carbocycles. The number of amides is 2. The highest BCUT2D eigenvalue weighted by Gasteiger charge is 2.32. The molecule has 0 saturated heterocycles. The summed E-state index contributed by atoms with van der Waals surface area (Å²) in [5.74, 6) is -1.53. The average molecular weight is 439 g/mol. The van der Waals surface area contributed by atoms with E-state index in [1.165, 1.54) is 14.0 Å². The Morgan fingerprint density at radius 1 is 0.969 bits per heavy atom. The van der Waals surface area contributed by atoms with E-state index in [1.807, 2.05) is 79.7 Å². The van der Waals surface area contributed by atoms with E-state index >= 15 is 0 Å².